The van der Waals surface area contributed by atoms with Crippen LogP contribution in [-0.4, -0.2) is 24.0 Å². The number of nitrogens with two attached hydrogens (primary N) is 1. The molecule has 1 heterocycles. The van der Waals surface area contributed by atoms with Crippen molar-refractivity contribution in [1.29, 1.82) is 0 Å². The second-order valence-corrected chi connectivity index (χ2v) is 6.41. The minimum absolute atomic E-state index is 0. The highest BCUT2D eigenvalue weighted by Gasteiger charge is 2.38. The molecule has 2 aliphatic rings. The fraction of sp³-hybridized carbons (Fsp3) is 0.625. The smallest absolute Gasteiger partial charge is 0.327 e. The van der Waals surface area contributed by atoms with Crippen LogP contribution < -0.4 is 5.73 Å². The number of halogens is 4. The summed E-state index contributed by atoms with van der Waals surface area (Å²) in [7, 11) is 0. The van der Waals surface area contributed by atoms with Gasteiger partial charge in [-0.15, -0.1) is 12.4 Å². The first-order valence-corrected chi connectivity index (χ1v) is 7.57. The van der Waals surface area contributed by atoms with Gasteiger partial charge in [0.25, 0.3) is 0 Å². The Labute approximate surface area is 135 Å². The second kappa shape index (κ2) is 6.77. The van der Waals surface area contributed by atoms with Gasteiger partial charge in [0.05, 0.1) is 5.56 Å². The van der Waals surface area contributed by atoms with Crippen LogP contribution in [0.1, 0.15) is 30.4 Å². The number of fused-ring (bicyclic) bond motifs is 1. The topological polar surface area (TPSA) is 29.3 Å². The van der Waals surface area contributed by atoms with Crippen molar-refractivity contribution in [2.24, 2.45) is 17.6 Å². The number of rotatable bonds is 2. The SMILES string of the molecule is Cl.NC1CCCC2CN(Cc3ccc(C(F)(F)F)cc3)CC12. The summed E-state index contributed by atoms with van der Waals surface area (Å²) in [5, 5.41) is 0. The molecule has 1 aliphatic carbocycles. The van der Waals surface area contributed by atoms with Gasteiger partial charge in [-0.2, -0.15) is 13.2 Å². The Kier molecular flexibility index (Phi) is 5.41. The van der Waals surface area contributed by atoms with Gasteiger partial charge in [0.2, 0.25) is 0 Å². The Morgan fingerprint density at radius 3 is 2.36 bits per heavy atom. The molecule has 0 radical (unpaired) electrons. The maximum Gasteiger partial charge on any atom is 0.416 e. The zero-order chi connectivity index (χ0) is 15.0. The molecule has 3 atom stereocenters. The lowest BCUT2D eigenvalue weighted by molar-refractivity contribution is -0.137. The average Bonchev–Trinajstić information content (AvgIpc) is 2.82. The van der Waals surface area contributed by atoms with Crippen LogP contribution >= 0.6 is 12.4 Å². The number of alkyl halides is 3. The van der Waals surface area contributed by atoms with E-state index in [9.17, 15) is 13.2 Å². The largest absolute Gasteiger partial charge is 0.416 e. The highest BCUT2D eigenvalue weighted by atomic mass is 35.5. The van der Waals surface area contributed by atoms with Gasteiger partial charge in [-0.05, 0) is 42.4 Å². The highest BCUT2D eigenvalue weighted by Crippen LogP contribution is 2.36. The van der Waals surface area contributed by atoms with Crippen LogP contribution in [0.15, 0.2) is 24.3 Å². The van der Waals surface area contributed by atoms with E-state index in [1.54, 1.807) is 12.1 Å². The Hall–Kier alpha value is -0.780. The Morgan fingerprint density at radius 1 is 1.09 bits per heavy atom. The third-order valence-corrected chi connectivity index (χ3v) is 4.92. The van der Waals surface area contributed by atoms with Crippen molar-refractivity contribution >= 4 is 12.4 Å². The van der Waals surface area contributed by atoms with Crippen molar-refractivity contribution in [3.8, 4) is 0 Å². The van der Waals surface area contributed by atoms with E-state index in [0.29, 0.717) is 17.9 Å². The summed E-state index contributed by atoms with van der Waals surface area (Å²) in [6, 6.07) is 5.81. The molecule has 124 valence electrons. The molecule has 6 heteroatoms. The molecule has 2 fully saturated rings. The van der Waals surface area contributed by atoms with E-state index in [2.05, 4.69) is 4.90 Å². The normalized spacial score (nSPS) is 29.0. The number of hydrogen-bond acceptors (Lipinski definition) is 2. The number of likely N-dealkylation sites (tertiary alicyclic amines) is 1. The predicted octanol–water partition coefficient (Wildman–Crippen LogP) is 3.69. The molecular formula is C16H22ClF3N2. The third-order valence-electron chi connectivity index (χ3n) is 4.92. The molecule has 0 amide bonds. The van der Waals surface area contributed by atoms with Gasteiger partial charge >= 0.3 is 6.18 Å². The van der Waals surface area contributed by atoms with Gasteiger partial charge in [-0.1, -0.05) is 18.6 Å². The van der Waals surface area contributed by atoms with E-state index >= 15 is 0 Å². The van der Waals surface area contributed by atoms with E-state index < -0.39 is 11.7 Å². The van der Waals surface area contributed by atoms with Gasteiger partial charge in [-0.25, -0.2) is 0 Å². The molecule has 22 heavy (non-hydrogen) atoms. The molecule has 0 spiro atoms. The van der Waals surface area contributed by atoms with E-state index in [4.69, 9.17) is 5.73 Å². The number of nitrogens with zero attached hydrogens (tertiary/aromatic N) is 1. The first kappa shape index (κ1) is 17.6. The Balaban J connectivity index is 0.00000176. The van der Waals surface area contributed by atoms with Gasteiger partial charge in [0, 0.05) is 25.7 Å². The average molecular weight is 335 g/mol. The van der Waals surface area contributed by atoms with Crippen molar-refractivity contribution in [2.75, 3.05) is 13.1 Å². The maximum absolute atomic E-state index is 12.5. The molecule has 1 saturated heterocycles. The van der Waals surface area contributed by atoms with Crippen LogP contribution in [0.3, 0.4) is 0 Å². The molecule has 1 aliphatic heterocycles. The molecule has 1 saturated carbocycles. The predicted molar refractivity (Wildman–Crippen MR) is 82.8 cm³/mol. The first-order valence-electron chi connectivity index (χ1n) is 7.57. The van der Waals surface area contributed by atoms with Crippen LogP contribution in [0.2, 0.25) is 0 Å². The monoisotopic (exact) mass is 334 g/mol. The summed E-state index contributed by atoms with van der Waals surface area (Å²) in [5.74, 6) is 1.23. The molecule has 1 aromatic rings. The second-order valence-electron chi connectivity index (χ2n) is 6.41. The lowest BCUT2D eigenvalue weighted by Crippen LogP contribution is -2.38. The van der Waals surface area contributed by atoms with Crippen molar-refractivity contribution in [3.63, 3.8) is 0 Å². The zero-order valence-corrected chi connectivity index (χ0v) is 13.2. The lowest BCUT2D eigenvalue weighted by atomic mass is 9.78. The van der Waals surface area contributed by atoms with Crippen LogP contribution in [0, 0.1) is 11.8 Å². The van der Waals surface area contributed by atoms with Crippen molar-refractivity contribution in [1.82, 2.24) is 4.90 Å². The van der Waals surface area contributed by atoms with Crippen molar-refractivity contribution in [3.05, 3.63) is 35.4 Å². The Bertz CT molecular complexity index is 489. The summed E-state index contributed by atoms with van der Waals surface area (Å²) < 4.78 is 37.6. The zero-order valence-electron chi connectivity index (χ0n) is 12.4. The summed E-state index contributed by atoms with van der Waals surface area (Å²) in [6.07, 6.45) is -0.707. The molecule has 2 nitrogen and oxygen atoms in total. The number of hydrogen-bond donors (Lipinski definition) is 1. The van der Waals surface area contributed by atoms with Crippen molar-refractivity contribution in [2.45, 2.75) is 38.0 Å². The van der Waals surface area contributed by atoms with Crippen LogP contribution in [0.5, 0.6) is 0 Å². The molecular weight excluding hydrogens is 313 g/mol. The van der Waals surface area contributed by atoms with Gasteiger partial charge in [-0.3, -0.25) is 4.90 Å². The van der Waals surface area contributed by atoms with Gasteiger partial charge in [0.15, 0.2) is 0 Å². The van der Waals surface area contributed by atoms with Crippen molar-refractivity contribution < 1.29 is 13.2 Å². The minimum Gasteiger partial charge on any atom is -0.327 e. The maximum atomic E-state index is 12.5. The molecule has 3 rings (SSSR count). The summed E-state index contributed by atoms with van der Waals surface area (Å²) in [4.78, 5) is 2.34. The third kappa shape index (κ3) is 3.76. The fourth-order valence-corrected chi connectivity index (χ4v) is 3.80. The molecule has 0 bridgehead atoms. The van der Waals surface area contributed by atoms with Crippen LogP contribution in [-0.2, 0) is 12.7 Å². The minimum atomic E-state index is -4.26. The summed E-state index contributed by atoms with van der Waals surface area (Å²) in [6.45, 7) is 2.73. The standard InChI is InChI=1S/C16H21F3N2.ClH/c17-16(18,19)13-6-4-11(5-7-13)8-21-9-12-2-1-3-15(20)14(12)10-21;/h4-7,12,14-15H,1-3,8-10,20H2;1H. The summed E-state index contributed by atoms with van der Waals surface area (Å²) >= 11 is 0. The van der Waals surface area contributed by atoms with E-state index in [1.165, 1.54) is 25.0 Å². The fourth-order valence-electron chi connectivity index (χ4n) is 3.80. The van der Waals surface area contributed by atoms with E-state index in [-0.39, 0.29) is 12.4 Å². The highest BCUT2D eigenvalue weighted by molar-refractivity contribution is 5.85. The quantitative estimate of drug-likeness (QED) is 0.893. The molecule has 2 N–H and O–H groups in total. The molecule has 3 unspecified atom stereocenters. The van der Waals surface area contributed by atoms with E-state index in [1.807, 2.05) is 0 Å². The molecule has 1 aromatic carbocycles. The Morgan fingerprint density at radius 2 is 1.77 bits per heavy atom. The van der Waals surface area contributed by atoms with Crippen LogP contribution in [0.4, 0.5) is 13.2 Å². The summed E-state index contributed by atoms with van der Waals surface area (Å²) in [5.41, 5.74) is 6.55. The van der Waals surface area contributed by atoms with Gasteiger partial charge < -0.3 is 5.73 Å². The van der Waals surface area contributed by atoms with Gasteiger partial charge in [0.1, 0.15) is 0 Å². The first-order chi connectivity index (χ1) is 9.93. The lowest BCUT2D eigenvalue weighted by Gasteiger charge is -2.29. The van der Waals surface area contributed by atoms with Crippen LogP contribution in [0.25, 0.3) is 0 Å². The number of benzene rings is 1. The van der Waals surface area contributed by atoms with E-state index in [0.717, 1.165) is 31.6 Å². The molecule has 0 aromatic heterocycles.